The summed E-state index contributed by atoms with van der Waals surface area (Å²) in [7, 11) is 0. The molecule has 0 aromatic heterocycles. The second-order valence-electron chi connectivity index (χ2n) is 5.23. The number of carbonyl (C=O) groups excluding carboxylic acids is 1. The molecule has 0 spiro atoms. The van der Waals surface area contributed by atoms with Gasteiger partial charge in [-0.3, -0.25) is 4.79 Å². The number of hydrogen-bond acceptors (Lipinski definition) is 2. The van der Waals surface area contributed by atoms with Crippen LogP contribution in [0.4, 0.5) is 4.39 Å². The molecule has 2 atom stereocenters. The van der Waals surface area contributed by atoms with E-state index >= 15 is 0 Å². The van der Waals surface area contributed by atoms with Crippen molar-refractivity contribution in [1.29, 1.82) is 0 Å². The van der Waals surface area contributed by atoms with Gasteiger partial charge in [-0.2, -0.15) is 0 Å². The quantitative estimate of drug-likeness (QED) is 0.718. The van der Waals surface area contributed by atoms with Gasteiger partial charge in [0.05, 0.1) is 6.10 Å². The number of nitrogens with one attached hydrogen (secondary N) is 1. The maximum atomic E-state index is 12.8. The Balaban J connectivity index is 2.35. The van der Waals surface area contributed by atoms with Crippen LogP contribution in [0.2, 0.25) is 0 Å². The molecule has 0 saturated carbocycles. The number of amides is 1. The molecule has 0 bridgehead atoms. The summed E-state index contributed by atoms with van der Waals surface area (Å²) in [6.07, 6.45) is 3.30. The normalized spacial score (nSPS) is 13.8. The van der Waals surface area contributed by atoms with Crippen LogP contribution in [0.1, 0.15) is 57.6 Å². The van der Waals surface area contributed by atoms with Gasteiger partial charge < -0.3 is 10.4 Å². The molecule has 2 N–H and O–H groups in total. The van der Waals surface area contributed by atoms with Gasteiger partial charge in [0.1, 0.15) is 5.82 Å². The monoisotopic (exact) mass is 281 g/mol. The fourth-order valence-corrected chi connectivity index (χ4v) is 2.10. The number of carbonyl (C=O) groups is 1. The molecule has 0 aliphatic rings. The largest absolute Gasteiger partial charge is 0.388 e. The highest BCUT2D eigenvalue weighted by atomic mass is 19.1. The molecule has 4 heteroatoms. The highest BCUT2D eigenvalue weighted by molar-refractivity contribution is 5.76. The minimum atomic E-state index is -0.693. The molecular weight excluding hydrogens is 257 g/mol. The van der Waals surface area contributed by atoms with Crippen LogP contribution in [0.25, 0.3) is 0 Å². The summed E-state index contributed by atoms with van der Waals surface area (Å²) in [4.78, 5) is 11.6. The van der Waals surface area contributed by atoms with Crippen LogP contribution in [0.15, 0.2) is 24.3 Å². The van der Waals surface area contributed by atoms with Crippen molar-refractivity contribution in [2.75, 3.05) is 0 Å². The lowest BCUT2D eigenvalue weighted by molar-refractivity contribution is -0.122. The van der Waals surface area contributed by atoms with Crippen LogP contribution >= 0.6 is 0 Å². The average Bonchev–Trinajstić information content (AvgIpc) is 2.39. The maximum Gasteiger partial charge on any atom is 0.220 e. The van der Waals surface area contributed by atoms with E-state index in [2.05, 4.69) is 12.2 Å². The Morgan fingerprint density at radius 2 is 1.95 bits per heavy atom. The third-order valence-electron chi connectivity index (χ3n) is 3.25. The van der Waals surface area contributed by atoms with Crippen molar-refractivity contribution < 1.29 is 14.3 Å². The number of aliphatic hydroxyl groups excluding tert-OH is 1. The Morgan fingerprint density at radius 1 is 1.30 bits per heavy atom. The molecule has 20 heavy (non-hydrogen) atoms. The molecule has 112 valence electrons. The summed E-state index contributed by atoms with van der Waals surface area (Å²) in [5, 5.41) is 12.9. The van der Waals surface area contributed by atoms with Crippen molar-refractivity contribution >= 4 is 5.91 Å². The van der Waals surface area contributed by atoms with Crippen molar-refractivity contribution in [1.82, 2.24) is 5.32 Å². The van der Waals surface area contributed by atoms with Crippen LogP contribution in [0.3, 0.4) is 0 Å². The second-order valence-corrected chi connectivity index (χ2v) is 5.23. The zero-order valence-electron chi connectivity index (χ0n) is 12.2. The van der Waals surface area contributed by atoms with E-state index in [0.29, 0.717) is 18.4 Å². The Labute approximate surface area is 120 Å². The zero-order chi connectivity index (χ0) is 15.0. The van der Waals surface area contributed by atoms with Gasteiger partial charge in [-0.25, -0.2) is 4.39 Å². The summed E-state index contributed by atoms with van der Waals surface area (Å²) in [5.74, 6) is -0.296. The lowest BCUT2D eigenvalue weighted by Gasteiger charge is -2.18. The Bertz CT molecular complexity index is 405. The van der Waals surface area contributed by atoms with E-state index in [1.54, 1.807) is 12.1 Å². The zero-order valence-corrected chi connectivity index (χ0v) is 12.2. The summed E-state index contributed by atoms with van der Waals surface area (Å²) in [6.45, 7) is 3.96. The first kappa shape index (κ1) is 16.6. The number of benzene rings is 1. The summed E-state index contributed by atoms with van der Waals surface area (Å²) in [5.41, 5.74) is 0.665. The molecule has 2 unspecified atom stereocenters. The molecule has 1 aromatic rings. The van der Waals surface area contributed by atoms with Crippen LogP contribution in [-0.2, 0) is 4.79 Å². The fraction of sp³-hybridized carbons (Fsp3) is 0.562. The molecule has 0 fully saturated rings. The molecule has 0 radical (unpaired) electrons. The van der Waals surface area contributed by atoms with Gasteiger partial charge in [0.25, 0.3) is 0 Å². The molecule has 0 heterocycles. The summed E-state index contributed by atoms with van der Waals surface area (Å²) >= 11 is 0. The van der Waals surface area contributed by atoms with Crippen molar-refractivity contribution in [3.8, 4) is 0 Å². The van der Waals surface area contributed by atoms with Crippen molar-refractivity contribution in [2.24, 2.45) is 0 Å². The molecule has 0 aliphatic carbocycles. The third kappa shape index (κ3) is 6.15. The van der Waals surface area contributed by atoms with Gasteiger partial charge >= 0.3 is 0 Å². The van der Waals surface area contributed by atoms with Crippen molar-refractivity contribution in [2.45, 2.75) is 58.1 Å². The van der Waals surface area contributed by atoms with Gasteiger partial charge in [0.2, 0.25) is 5.91 Å². The molecule has 1 aromatic carbocycles. The van der Waals surface area contributed by atoms with Gasteiger partial charge in [-0.1, -0.05) is 31.9 Å². The van der Waals surface area contributed by atoms with Crippen LogP contribution < -0.4 is 5.32 Å². The van der Waals surface area contributed by atoms with Crippen LogP contribution in [-0.4, -0.2) is 17.1 Å². The van der Waals surface area contributed by atoms with Gasteiger partial charge in [0.15, 0.2) is 0 Å². The molecule has 3 nitrogen and oxygen atoms in total. The van der Waals surface area contributed by atoms with Crippen molar-refractivity contribution in [3.05, 3.63) is 35.6 Å². The number of aliphatic hydroxyl groups is 1. The lowest BCUT2D eigenvalue weighted by Crippen LogP contribution is -2.33. The Kier molecular flexibility index (Phi) is 7.23. The third-order valence-corrected chi connectivity index (χ3v) is 3.25. The van der Waals surface area contributed by atoms with Gasteiger partial charge in [-0.05, 0) is 37.5 Å². The van der Waals surface area contributed by atoms with E-state index in [4.69, 9.17) is 0 Å². The maximum absolute atomic E-state index is 12.8. The van der Waals surface area contributed by atoms with Gasteiger partial charge in [-0.15, -0.1) is 0 Å². The highest BCUT2D eigenvalue weighted by Crippen LogP contribution is 2.18. The average molecular weight is 281 g/mol. The number of hydrogen-bond donors (Lipinski definition) is 2. The number of rotatable bonds is 8. The first-order valence-electron chi connectivity index (χ1n) is 7.25. The lowest BCUT2D eigenvalue weighted by atomic mass is 10.0. The van der Waals surface area contributed by atoms with Crippen LogP contribution in [0.5, 0.6) is 0 Å². The number of unbranched alkanes of at least 4 members (excludes halogenated alkanes) is 2. The highest BCUT2D eigenvalue weighted by Gasteiger charge is 2.14. The van der Waals surface area contributed by atoms with E-state index in [0.717, 1.165) is 19.3 Å². The van der Waals surface area contributed by atoms with Gasteiger partial charge in [0, 0.05) is 12.5 Å². The molecule has 0 aliphatic heterocycles. The summed E-state index contributed by atoms with van der Waals surface area (Å²) in [6, 6.07) is 5.68. The molecule has 1 amide bonds. The second kappa shape index (κ2) is 8.69. The predicted octanol–water partition coefficient (Wildman–Crippen LogP) is 3.33. The summed E-state index contributed by atoms with van der Waals surface area (Å²) < 4.78 is 12.8. The number of halogens is 1. The van der Waals surface area contributed by atoms with E-state index in [-0.39, 0.29) is 17.8 Å². The van der Waals surface area contributed by atoms with E-state index in [1.165, 1.54) is 12.1 Å². The smallest absolute Gasteiger partial charge is 0.220 e. The van der Waals surface area contributed by atoms with Crippen LogP contribution in [0, 0.1) is 5.82 Å². The minimum Gasteiger partial charge on any atom is -0.388 e. The molecular formula is C16H24FNO2. The van der Waals surface area contributed by atoms with E-state index in [1.807, 2.05) is 6.92 Å². The fourth-order valence-electron chi connectivity index (χ4n) is 2.10. The topological polar surface area (TPSA) is 49.3 Å². The van der Waals surface area contributed by atoms with E-state index < -0.39 is 6.10 Å². The molecule has 0 saturated heterocycles. The Morgan fingerprint density at radius 3 is 2.55 bits per heavy atom. The standard InChI is InChI=1S/C16H24FNO2/c1-3-4-5-6-16(20)18-12(2)11-15(19)13-7-9-14(17)10-8-13/h7-10,12,15,19H,3-6,11H2,1-2H3,(H,18,20). The minimum absolute atomic E-state index is 0.0252. The predicted molar refractivity (Wildman–Crippen MR) is 77.7 cm³/mol. The molecule has 1 rings (SSSR count). The van der Waals surface area contributed by atoms with E-state index in [9.17, 15) is 14.3 Å². The van der Waals surface area contributed by atoms with Crippen molar-refractivity contribution in [3.63, 3.8) is 0 Å². The SMILES string of the molecule is CCCCCC(=O)NC(C)CC(O)c1ccc(F)cc1. The Hall–Kier alpha value is -1.42. The first-order valence-corrected chi connectivity index (χ1v) is 7.25. The first-order chi connectivity index (χ1) is 9.52.